The van der Waals surface area contributed by atoms with Crippen molar-refractivity contribution in [3.63, 3.8) is 0 Å². The van der Waals surface area contributed by atoms with Crippen LogP contribution in [0, 0.1) is 0 Å². The highest BCUT2D eigenvalue weighted by molar-refractivity contribution is 5.43. The van der Waals surface area contributed by atoms with Crippen molar-refractivity contribution in [1.82, 2.24) is 14.9 Å². The van der Waals surface area contributed by atoms with E-state index in [1.807, 2.05) is 6.20 Å². The molecule has 1 unspecified atom stereocenters. The lowest BCUT2D eigenvalue weighted by Gasteiger charge is -2.30. The summed E-state index contributed by atoms with van der Waals surface area (Å²) in [5.74, 6) is 1.93. The summed E-state index contributed by atoms with van der Waals surface area (Å²) in [6.45, 7) is 4.70. The van der Waals surface area contributed by atoms with Gasteiger partial charge in [0, 0.05) is 37.9 Å². The molecule has 26 heavy (non-hydrogen) atoms. The maximum atomic E-state index is 4.87. The zero-order valence-corrected chi connectivity index (χ0v) is 16.2. The molecule has 1 atom stereocenters. The van der Waals surface area contributed by atoms with Crippen LogP contribution in [0.2, 0.25) is 0 Å². The molecule has 1 aromatic rings. The fourth-order valence-electron chi connectivity index (χ4n) is 4.97. The van der Waals surface area contributed by atoms with Crippen LogP contribution in [0.1, 0.15) is 70.6 Å². The van der Waals surface area contributed by atoms with E-state index in [-0.39, 0.29) is 0 Å². The quantitative estimate of drug-likeness (QED) is 0.880. The van der Waals surface area contributed by atoms with Crippen LogP contribution < -0.4 is 10.2 Å². The number of nitrogens with one attached hydrogen (secondary N) is 1. The van der Waals surface area contributed by atoms with Crippen LogP contribution >= 0.6 is 0 Å². The number of hydrogen-bond acceptors (Lipinski definition) is 5. The van der Waals surface area contributed by atoms with Gasteiger partial charge in [-0.05, 0) is 51.1 Å². The number of anilines is 2. The van der Waals surface area contributed by atoms with Gasteiger partial charge in [0.25, 0.3) is 0 Å². The molecule has 2 aliphatic heterocycles. The van der Waals surface area contributed by atoms with E-state index in [1.54, 1.807) is 0 Å². The highest BCUT2D eigenvalue weighted by atomic mass is 15.2. The molecular weight excluding hydrogens is 322 g/mol. The van der Waals surface area contributed by atoms with Gasteiger partial charge in [0.15, 0.2) is 0 Å². The molecule has 2 saturated heterocycles. The van der Waals surface area contributed by atoms with Crippen LogP contribution in [0.3, 0.4) is 0 Å². The van der Waals surface area contributed by atoms with E-state index >= 15 is 0 Å². The number of likely N-dealkylation sites (tertiary alicyclic amines) is 1. The fourth-order valence-corrected chi connectivity index (χ4v) is 4.97. The Labute approximate surface area is 158 Å². The Morgan fingerprint density at radius 3 is 2.38 bits per heavy atom. The lowest BCUT2D eigenvalue weighted by atomic mass is 10.1. The normalized spacial score (nSPS) is 26.5. The summed E-state index contributed by atoms with van der Waals surface area (Å²) < 4.78 is 0. The Hall–Kier alpha value is -1.36. The van der Waals surface area contributed by atoms with Gasteiger partial charge in [-0.25, -0.2) is 4.98 Å². The average molecular weight is 358 g/mol. The molecule has 4 rings (SSSR count). The monoisotopic (exact) mass is 357 g/mol. The Morgan fingerprint density at radius 2 is 1.58 bits per heavy atom. The van der Waals surface area contributed by atoms with Gasteiger partial charge in [-0.3, -0.25) is 4.90 Å². The van der Waals surface area contributed by atoms with Crippen molar-refractivity contribution >= 4 is 11.8 Å². The molecule has 1 N–H and O–H groups in total. The van der Waals surface area contributed by atoms with E-state index in [0.29, 0.717) is 6.04 Å². The van der Waals surface area contributed by atoms with Crippen LogP contribution in [0.25, 0.3) is 0 Å². The minimum atomic E-state index is 0.484. The van der Waals surface area contributed by atoms with Crippen LogP contribution in [-0.4, -0.2) is 53.1 Å². The van der Waals surface area contributed by atoms with Crippen molar-refractivity contribution in [2.45, 2.75) is 82.7 Å². The maximum absolute atomic E-state index is 4.87. The highest BCUT2D eigenvalue weighted by Crippen LogP contribution is 2.26. The summed E-state index contributed by atoms with van der Waals surface area (Å²) >= 11 is 0. The van der Waals surface area contributed by atoms with Gasteiger partial charge in [0.2, 0.25) is 5.95 Å². The van der Waals surface area contributed by atoms with E-state index in [0.717, 1.165) is 37.4 Å². The summed E-state index contributed by atoms with van der Waals surface area (Å²) in [7, 11) is 0. The Kier molecular flexibility index (Phi) is 6.26. The number of nitrogens with zero attached hydrogens (tertiary/aromatic N) is 4. The minimum Gasteiger partial charge on any atom is -0.356 e. The SMILES string of the molecule is c1cc(N2CCCCCC2)nc(NC2CCCCN(C3CCCC3)C2)n1. The van der Waals surface area contributed by atoms with Gasteiger partial charge in [0.1, 0.15) is 5.82 Å². The Balaban J connectivity index is 1.39. The molecule has 1 saturated carbocycles. The second kappa shape index (κ2) is 9.03. The first-order valence-corrected chi connectivity index (χ1v) is 11.0. The van der Waals surface area contributed by atoms with E-state index in [1.165, 1.54) is 77.2 Å². The van der Waals surface area contributed by atoms with Crippen molar-refractivity contribution in [2.24, 2.45) is 0 Å². The minimum absolute atomic E-state index is 0.484. The van der Waals surface area contributed by atoms with Crippen molar-refractivity contribution in [3.8, 4) is 0 Å². The van der Waals surface area contributed by atoms with Crippen LogP contribution in [-0.2, 0) is 0 Å². The first-order chi connectivity index (χ1) is 12.9. The molecule has 1 aromatic heterocycles. The smallest absolute Gasteiger partial charge is 0.224 e. The van der Waals surface area contributed by atoms with Crippen molar-refractivity contribution < 1.29 is 0 Å². The summed E-state index contributed by atoms with van der Waals surface area (Å²) in [6.07, 6.45) is 16.7. The molecule has 0 amide bonds. The zero-order chi connectivity index (χ0) is 17.6. The average Bonchev–Trinajstić information content (AvgIpc) is 2.92. The lowest BCUT2D eigenvalue weighted by Crippen LogP contribution is -2.41. The molecule has 0 spiro atoms. The van der Waals surface area contributed by atoms with Gasteiger partial charge in [-0.2, -0.15) is 4.98 Å². The van der Waals surface area contributed by atoms with Crippen molar-refractivity contribution in [3.05, 3.63) is 12.3 Å². The number of rotatable bonds is 4. The van der Waals surface area contributed by atoms with Gasteiger partial charge in [-0.1, -0.05) is 32.1 Å². The molecule has 0 bridgehead atoms. The van der Waals surface area contributed by atoms with Gasteiger partial charge in [-0.15, -0.1) is 0 Å². The van der Waals surface area contributed by atoms with Crippen molar-refractivity contribution in [1.29, 1.82) is 0 Å². The molecule has 3 fully saturated rings. The topological polar surface area (TPSA) is 44.3 Å². The highest BCUT2D eigenvalue weighted by Gasteiger charge is 2.27. The molecule has 144 valence electrons. The summed E-state index contributed by atoms with van der Waals surface area (Å²) in [5.41, 5.74) is 0. The molecule has 5 nitrogen and oxygen atoms in total. The summed E-state index contributed by atoms with van der Waals surface area (Å²) in [5, 5.41) is 3.68. The standard InChI is InChI=1S/C21H35N5/c1-2-7-15-25(14-6-1)20-12-13-22-21(24-20)23-18-9-5-8-16-26(17-18)19-10-3-4-11-19/h12-13,18-19H,1-11,14-17H2,(H,22,23,24). The zero-order valence-electron chi connectivity index (χ0n) is 16.2. The largest absolute Gasteiger partial charge is 0.356 e. The molecule has 3 heterocycles. The second-order valence-electron chi connectivity index (χ2n) is 8.41. The number of aromatic nitrogens is 2. The predicted octanol–water partition coefficient (Wildman–Crippen LogP) is 4.07. The van der Waals surface area contributed by atoms with E-state index in [9.17, 15) is 0 Å². The Bertz CT molecular complexity index is 549. The summed E-state index contributed by atoms with van der Waals surface area (Å²) in [4.78, 5) is 14.6. The molecule has 3 aliphatic rings. The Morgan fingerprint density at radius 1 is 0.846 bits per heavy atom. The molecule has 5 heteroatoms. The van der Waals surface area contributed by atoms with E-state index < -0.39 is 0 Å². The second-order valence-corrected chi connectivity index (χ2v) is 8.41. The molecule has 0 aromatic carbocycles. The first kappa shape index (κ1) is 18.0. The van der Waals surface area contributed by atoms with Gasteiger partial charge < -0.3 is 10.2 Å². The predicted molar refractivity (Wildman–Crippen MR) is 108 cm³/mol. The van der Waals surface area contributed by atoms with Crippen molar-refractivity contribution in [2.75, 3.05) is 36.4 Å². The van der Waals surface area contributed by atoms with E-state index in [2.05, 4.69) is 26.2 Å². The molecule has 0 radical (unpaired) electrons. The third kappa shape index (κ3) is 4.67. The van der Waals surface area contributed by atoms with Gasteiger partial charge in [0.05, 0.1) is 0 Å². The third-order valence-corrected chi connectivity index (χ3v) is 6.45. The van der Waals surface area contributed by atoms with Crippen LogP contribution in [0.15, 0.2) is 12.3 Å². The first-order valence-electron chi connectivity index (χ1n) is 11.0. The van der Waals surface area contributed by atoms with Crippen LogP contribution in [0.5, 0.6) is 0 Å². The lowest BCUT2D eigenvalue weighted by molar-refractivity contribution is 0.201. The molecular formula is C21H35N5. The van der Waals surface area contributed by atoms with Gasteiger partial charge >= 0.3 is 0 Å². The van der Waals surface area contributed by atoms with Crippen LogP contribution in [0.4, 0.5) is 11.8 Å². The third-order valence-electron chi connectivity index (χ3n) is 6.45. The number of hydrogen-bond donors (Lipinski definition) is 1. The van der Waals surface area contributed by atoms with E-state index in [4.69, 9.17) is 4.98 Å². The molecule has 1 aliphatic carbocycles. The summed E-state index contributed by atoms with van der Waals surface area (Å²) in [6, 6.07) is 3.38. The maximum Gasteiger partial charge on any atom is 0.224 e. The fraction of sp³-hybridized carbons (Fsp3) is 0.810.